The Morgan fingerprint density at radius 2 is 1.92 bits per heavy atom. The summed E-state index contributed by atoms with van der Waals surface area (Å²) < 4.78 is 1.68. The van der Waals surface area contributed by atoms with Gasteiger partial charge < -0.3 is 15.3 Å². The summed E-state index contributed by atoms with van der Waals surface area (Å²) in [6, 6.07) is 7.06. The molecule has 0 saturated carbocycles. The van der Waals surface area contributed by atoms with Gasteiger partial charge in [-0.05, 0) is 24.1 Å². The third-order valence-corrected chi connectivity index (χ3v) is 3.80. The average Bonchev–Trinajstić information content (AvgIpc) is 2.97. The van der Waals surface area contributed by atoms with Gasteiger partial charge in [-0.1, -0.05) is 23.7 Å². The number of aryl methyl sites for hydroxylation is 1. The Labute approximate surface area is 151 Å². The van der Waals surface area contributed by atoms with Gasteiger partial charge in [-0.25, -0.2) is 4.79 Å². The minimum Gasteiger partial charge on any atom is -0.481 e. The first-order valence-corrected chi connectivity index (χ1v) is 8.28. The molecule has 2 rings (SSSR count). The highest BCUT2D eigenvalue weighted by Gasteiger charge is 2.15. The molecule has 1 heterocycles. The molecule has 0 bridgehead atoms. The maximum absolute atomic E-state index is 12.5. The minimum absolute atomic E-state index is 0.0278. The number of urea groups is 1. The van der Waals surface area contributed by atoms with E-state index in [2.05, 4.69) is 10.4 Å². The predicted molar refractivity (Wildman–Crippen MR) is 94.2 cm³/mol. The van der Waals surface area contributed by atoms with E-state index in [0.29, 0.717) is 31.1 Å². The van der Waals surface area contributed by atoms with Crippen molar-refractivity contribution >= 4 is 23.6 Å². The van der Waals surface area contributed by atoms with Crippen molar-refractivity contribution < 1.29 is 14.7 Å². The molecule has 1 aromatic heterocycles. The van der Waals surface area contributed by atoms with Gasteiger partial charge in [-0.15, -0.1) is 0 Å². The molecular formula is C17H21ClN4O3. The third-order valence-electron chi connectivity index (χ3n) is 3.55. The van der Waals surface area contributed by atoms with E-state index in [1.54, 1.807) is 27.9 Å². The lowest BCUT2D eigenvalue weighted by molar-refractivity contribution is -0.137. The maximum atomic E-state index is 12.5. The largest absolute Gasteiger partial charge is 0.481 e. The van der Waals surface area contributed by atoms with Crippen LogP contribution in [0.25, 0.3) is 0 Å². The number of carboxylic acids is 1. The highest BCUT2D eigenvalue weighted by Crippen LogP contribution is 2.13. The van der Waals surface area contributed by atoms with Crippen LogP contribution in [0.1, 0.15) is 24.0 Å². The van der Waals surface area contributed by atoms with Crippen LogP contribution < -0.4 is 5.32 Å². The van der Waals surface area contributed by atoms with Crippen LogP contribution in [-0.2, 0) is 24.9 Å². The van der Waals surface area contributed by atoms with Crippen LogP contribution in [0.3, 0.4) is 0 Å². The Bertz CT molecular complexity index is 715. The molecule has 1 aromatic carbocycles. The quantitative estimate of drug-likeness (QED) is 0.705. The first-order valence-electron chi connectivity index (χ1n) is 7.90. The fourth-order valence-corrected chi connectivity index (χ4v) is 2.46. The number of benzene rings is 1. The van der Waals surface area contributed by atoms with Crippen molar-refractivity contribution in [3.05, 3.63) is 52.8 Å². The number of carbonyl (C=O) groups excluding carboxylic acids is 1. The molecule has 0 spiro atoms. The SMILES string of the molecule is Cn1cc(CN(Cc2ccc(Cl)cc2)C(=O)NCCCC(=O)O)cn1. The zero-order valence-electron chi connectivity index (χ0n) is 14.0. The van der Waals surface area contributed by atoms with Gasteiger partial charge in [0, 0.05) is 43.3 Å². The first kappa shape index (κ1) is 18.8. The zero-order valence-corrected chi connectivity index (χ0v) is 14.7. The summed E-state index contributed by atoms with van der Waals surface area (Å²) in [6.45, 7) is 1.13. The van der Waals surface area contributed by atoms with E-state index in [4.69, 9.17) is 16.7 Å². The van der Waals surface area contributed by atoms with Crippen molar-refractivity contribution in [3.63, 3.8) is 0 Å². The third kappa shape index (κ3) is 6.46. The molecule has 0 saturated heterocycles. The van der Waals surface area contributed by atoms with Crippen LogP contribution in [0.15, 0.2) is 36.7 Å². The highest BCUT2D eigenvalue weighted by molar-refractivity contribution is 6.30. The molecule has 7 nitrogen and oxygen atoms in total. The normalized spacial score (nSPS) is 10.5. The monoisotopic (exact) mass is 364 g/mol. The molecule has 0 atom stereocenters. The van der Waals surface area contributed by atoms with Gasteiger partial charge in [-0.3, -0.25) is 9.48 Å². The van der Waals surface area contributed by atoms with E-state index in [1.165, 1.54) is 0 Å². The standard InChI is InChI=1S/C17H21ClN4O3/c1-21-10-14(9-20-21)12-22(11-13-4-6-15(18)7-5-13)17(25)19-8-2-3-16(23)24/h4-7,9-10H,2-3,8,11-12H2,1H3,(H,19,25)(H,23,24). The Balaban J connectivity index is 2.01. The molecule has 2 aromatic rings. The Hall–Kier alpha value is -2.54. The summed E-state index contributed by atoms with van der Waals surface area (Å²) in [5, 5.41) is 16.2. The predicted octanol–water partition coefficient (Wildman–Crippen LogP) is 2.65. The van der Waals surface area contributed by atoms with Crippen LogP contribution in [-0.4, -0.2) is 38.3 Å². The fourth-order valence-electron chi connectivity index (χ4n) is 2.33. The number of aliphatic carboxylic acids is 1. The van der Waals surface area contributed by atoms with Crippen LogP contribution in [0.5, 0.6) is 0 Å². The van der Waals surface area contributed by atoms with E-state index >= 15 is 0 Å². The van der Waals surface area contributed by atoms with E-state index in [-0.39, 0.29) is 12.5 Å². The number of carboxylic acid groups (broad SMARTS) is 1. The minimum atomic E-state index is -0.873. The smallest absolute Gasteiger partial charge is 0.318 e. The topological polar surface area (TPSA) is 87.5 Å². The van der Waals surface area contributed by atoms with E-state index < -0.39 is 5.97 Å². The van der Waals surface area contributed by atoms with E-state index in [9.17, 15) is 9.59 Å². The van der Waals surface area contributed by atoms with Gasteiger partial charge in [0.15, 0.2) is 0 Å². The Morgan fingerprint density at radius 3 is 2.52 bits per heavy atom. The number of carbonyl (C=O) groups is 2. The lowest BCUT2D eigenvalue weighted by Gasteiger charge is -2.23. The number of aromatic nitrogens is 2. The lowest BCUT2D eigenvalue weighted by atomic mass is 10.2. The van der Waals surface area contributed by atoms with Crippen LogP contribution in [0.2, 0.25) is 5.02 Å². The summed E-state index contributed by atoms with van der Waals surface area (Å²) >= 11 is 5.90. The molecule has 0 fully saturated rings. The molecule has 8 heteroatoms. The molecule has 134 valence electrons. The van der Waals surface area contributed by atoms with Crippen molar-refractivity contribution in [3.8, 4) is 0 Å². The summed E-state index contributed by atoms with van der Waals surface area (Å²) in [6.07, 6.45) is 3.99. The van der Waals surface area contributed by atoms with Gasteiger partial charge in [0.1, 0.15) is 0 Å². The van der Waals surface area contributed by atoms with Gasteiger partial charge in [-0.2, -0.15) is 5.10 Å². The molecule has 0 aliphatic carbocycles. The zero-order chi connectivity index (χ0) is 18.2. The van der Waals surface area contributed by atoms with Crippen molar-refractivity contribution in [2.24, 2.45) is 7.05 Å². The second-order valence-electron chi connectivity index (χ2n) is 5.73. The number of hydrogen-bond donors (Lipinski definition) is 2. The first-order chi connectivity index (χ1) is 11.9. The lowest BCUT2D eigenvalue weighted by Crippen LogP contribution is -2.39. The van der Waals surface area contributed by atoms with Gasteiger partial charge in [0.25, 0.3) is 0 Å². The van der Waals surface area contributed by atoms with E-state index in [0.717, 1.165) is 11.1 Å². The van der Waals surface area contributed by atoms with Crippen LogP contribution in [0.4, 0.5) is 4.79 Å². The number of nitrogens with one attached hydrogen (secondary N) is 1. The van der Waals surface area contributed by atoms with Crippen molar-refractivity contribution in [1.29, 1.82) is 0 Å². The fraction of sp³-hybridized carbons (Fsp3) is 0.353. The summed E-state index contributed by atoms with van der Waals surface area (Å²) in [5.74, 6) is -0.873. The Morgan fingerprint density at radius 1 is 1.24 bits per heavy atom. The van der Waals surface area contributed by atoms with Crippen LogP contribution in [0, 0.1) is 0 Å². The van der Waals surface area contributed by atoms with E-state index in [1.807, 2.05) is 25.4 Å². The summed E-state index contributed by atoms with van der Waals surface area (Å²) in [7, 11) is 1.82. The average molecular weight is 365 g/mol. The van der Waals surface area contributed by atoms with Gasteiger partial charge >= 0.3 is 12.0 Å². The van der Waals surface area contributed by atoms with Crippen molar-refractivity contribution in [1.82, 2.24) is 20.0 Å². The molecule has 25 heavy (non-hydrogen) atoms. The number of amides is 2. The number of nitrogens with zero attached hydrogens (tertiary/aromatic N) is 3. The molecule has 0 aliphatic heterocycles. The van der Waals surface area contributed by atoms with Gasteiger partial charge in [0.2, 0.25) is 0 Å². The molecule has 0 radical (unpaired) electrons. The maximum Gasteiger partial charge on any atom is 0.318 e. The molecule has 0 aliphatic rings. The summed E-state index contributed by atoms with van der Waals surface area (Å²) in [5.41, 5.74) is 1.87. The Kier molecular flexibility index (Phi) is 6.82. The number of halogens is 1. The molecular weight excluding hydrogens is 344 g/mol. The second-order valence-corrected chi connectivity index (χ2v) is 6.17. The summed E-state index contributed by atoms with van der Waals surface area (Å²) in [4.78, 5) is 24.7. The highest BCUT2D eigenvalue weighted by atomic mass is 35.5. The second kappa shape index (κ2) is 9.08. The molecule has 0 unspecified atom stereocenters. The number of hydrogen-bond acceptors (Lipinski definition) is 3. The van der Waals surface area contributed by atoms with Crippen molar-refractivity contribution in [2.45, 2.75) is 25.9 Å². The number of rotatable bonds is 8. The molecule has 2 amide bonds. The van der Waals surface area contributed by atoms with Gasteiger partial charge in [0.05, 0.1) is 12.7 Å². The van der Waals surface area contributed by atoms with Crippen molar-refractivity contribution in [2.75, 3.05) is 6.54 Å². The molecule has 2 N–H and O–H groups in total. The van der Waals surface area contributed by atoms with Crippen LogP contribution >= 0.6 is 11.6 Å².